The van der Waals surface area contributed by atoms with Gasteiger partial charge in [0.15, 0.2) is 6.61 Å². The van der Waals surface area contributed by atoms with Gasteiger partial charge < -0.3 is 10.1 Å². The van der Waals surface area contributed by atoms with Crippen LogP contribution in [0, 0.1) is 18.3 Å². The van der Waals surface area contributed by atoms with Crippen molar-refractivity contribution in [1.29, 1.82) is 5.26 Å². The zero-order valence-electron chi connectivity index (χ0n) is 10.3. The van der Waals surface area contributed by atoms with Gasteiger partial charge in [0, 0.05) is 19.3 Å². The van der Waals surface area contributed by atoms with E-state index in [1.165, 1.54) is 6.20 Å². The number of nitrogens with zero attached hydrogens (tertiary/aromatic N) is 3. The highest BCUT2D eigenvalue weighted by molar-refractivity contribution is 5.92. The Morgan fingerprint density at radius 2 is 2.33 bits per heavy atom. The molecule has 1 N–H and O–H groups in total. The molecule has 0 saturated carbocycles. The molecule has 0 aromatic carbocycles. The van der Waals surface area contributed by atoms with Gasteiger partial charge in [0.05, 0.1) is 18.7 Å². The first-order chi connectivity index (χ1) is 8.56. The van der Waals surface area contributed by atoms with Crippen molar-refractivity contribution in [2.75, 3.05) is 13.2 Å². The zero-order chi connectivity index (χ0) is 13.5. The average Bonchev–Trinajstić information content (AvgIpc) is 2.67. The van der Waals surface area contributed by atoms with E-state index in [1.807, 2.05) is 6.07 Å². The van der Waals surface area contributed by atoms with Gasteiger partial charge in [0.1, 0.15) is 5.56 Å². The summed E-state index contributed by atoms with van der Waals surface area (Å²) in [6, 6.07) is 1.89. The third kappa shape index (κ3) is 3.59. The van der Waals surface area contributed by atoms with Crippen molar-refractivity contribution in [2.24, 2.45) is 7.05 Å². The molecule has 7 nitrogen and oxygen atoms in total. The largest absolute Gasteiger partial charge is 0.452 e. The molecule has 0 fully saturated rings. The summed E-state index contributed by atoms with van der Waals surface area (Å²) in [6.07, 6.45) is 1.62. The van der Waals surface area contributed by atoms with Crippen molar-refractivity contribution in [1.82, 2.24) is 15.1 Å². The Hall–Kier alpha value is -2.36. The third-order valence-corrected chi connectivity index (χ3v) is 2.35. The normalized spacial score (nSPS) is 9.61. The van der Waals surface area contributed by atoms with Gasteiger partial charge in [0.25, 0.3) is 5.91 Å². The SMILES string of the molecule is Cc1c(C(=O)OCC(=O)NCCC#N)cnn1C. The molecule has 1 heterocycles. The smallest absolute Gasteiger partial charge is 0.342 e. The minimum atomic E-state index is -0.587. The van der Waals surface area contributed by atoms with Gasteiger partial charge in [-0.25, -0.2) is 4.79 Å². The lowest BCUT2D eigenvalue weighted by atomic mass is 10.3. The van der Waals surface area contributed by atoms with E-state index >= 15 is 0 Å². The summed E-state index contributed by atoms with van der Waals surface area (Å²) in [6.45, 7) is 1.62. The van der Waals surface area contributed by atoms with Crippen LogP contribution < -0.4 is 5.32 Å². The summed E-state index contributed by atoms with van der Waals surface area (Å²) in [7, 11) is 1.71. The zero-order valence-corrected chi connectivity index (χ0v) is 10.3. The molecule has 7 heteroatoms. The van der Waals surface area contributed by atoms with E-state index in [-0.39, 0.29) is 19.6 Å². The second-order valence-corrected chi connectivity index (χ2v) is 3.60. The first-order valence-electron chi connectivity index (χ1n) is 5.35. The molecule has 0 bridgehead atoms. The van der Waals surface area contributed by atoms with Crippen LogP contribution in [0.15, 0.2) is 6.20 Å². The van der Waals surface area contributed by atoms with Gasteiger partial charge in [-0.2, -0.15) is 10.4 Å². The van der Waals surface area contributed by atoms with E-state index in [2.05, 4.69) is 10.4 Å². The van der Waals surface area contributed by atoms with Gasteiger partial charge in [-0.1, -0.05) is 0 Å². The van der Waals surface area contributed by atoms with E-state index in [0.717, 1.165) is 0 Å². The number of nitrogens with one attached hydrogen (secondary N) is 1. The van der Waals surface area contributed by atoms with Crippen molar-refractivity contribution < 1.29 is 14.3 Å². The molecule has 1 amide bonds. The maximum atomic E-state index is 11.6. The predicted octanol–water partition coefficient (Wildman–Crippen LogP) is -0.0848. The molecule has 0 atom stereocenters. The van der Waals surface area contributed by atoms with Crippen LogP contribution >= 0.6 is 0 Å². The molecule has 0 radical (unpaired) electrons. The molecular weight excluding hydrogens is 236 g/mol. The van der Waals surface area contributed by atoms with Crippen LogP contribution in [0.3, 0.4) is 0 Å². The lowest BCUT2D eigenvalue weighted by molar-refractivity contribution is -0.124. The molecular formula is C11H14N4O3. The Bertz CT molecular complexity index is 487. The predicted molar refractivity (Wildman–Crippen MR) is 61.5 cm³/mol. The van der Waals surface area contributed by atoms with Crippen molar-refractivity contribution in [3.05, 3.63) is 17.5 Å². The molecule has 1 rings (SSSR count). The second kappa shape index (κ2) is 6.39. The Balaban J connectivity index is 2.40. The Labute approximate surface area is 104 Å². The van der Waals surface area contributed by atoms with E-state index in [4.69, 9.17) is 10.00 Å². The maximum Gasteiger partial charge on any atom is 0.342 e. The molecule has 0 aliphatic rings. The van der Waals surface area contributed by atoms with Crippen molar-refractivity contribution in [3.8, 4) is 6.07 Å². The van der Waals surface area contributed by atoms with Gasteiger partial charge in [-0.15, -0.1) is 0 Å². The van der Waals surface area contributed by atoms with Crippen molar-refractivity contribution in [2.45, 2.75) is 13.3 Å². The summed E-state index contributed by atoms with van der Waals surface area (Å²) in [5.74, 6) is -1.02. The van der Waals surface area contributed by atoms with Crippen LogP contribution in [0.4, 0.5) is 0 Å². The number of hydrogen-bond acceptors (Lipinski definition) is 5. The third-order valence-electron chi connectivity index (χ3n) is 2.35. The number of amides is 1. The number of aryl methyl sites for hydroxylation is 1. The highest BCUT2D eigenvalue weighted by Crippen LogP contribution is 2.06. The Morgan fingerprint density at radius 3 is 2.89 bits per heavy atom. The maximum absolute atomic E-state index is 11.6. The van der Waals surface area contributed by atoms with Crippen molar-refractivity contribution >= 4 is 11.9 Å². The number of hydrogen-bond donors (Lipinski definition) is 1. The number of aromatic nitrogens is 2. The molecule has 1 aromatic rings. The number of carbonyl (C=O) groups excluding carboxylic acids is 2. The highest BCUT2D eigenvalue weighted by Gasteiger charge is 2.15. The number of carbonyl (C=O) groups is 2. The van der Waals surface area contributed by atoms with Crippen LogP contribution in [0.25, 0.3) is 0 Å². The summed E-state index contributed by atoms with van der Waals surface area (Å²) >= 11 is 0. The highest BCUT2D eigenvalue weighted by atomic mass is 16.5. The second-order valence-electron chi connectivity index (χ2n) is 3.60. The molecule has 0 spiro atoms. The van der Waals surface area contributed by atoms with E-state index in [1.54, 1.807) is 18.7 Å². The van der Waals surface area contributed by atoms with E-state index in [0.29, 0.717) is 11.3 Å². The first-order valence-corrected chi connectivity index (χ1v) is 5.35. The molecule has 0 unspecified atom stereocenters. The van der Waals surface area contributed by atoms with E-state index < -0.39 is 11.9 Å². The minimum absolute atomic E-state index is 0.224. The quantitative estimate of drug-likeness (QED) is 0.582. The van der Waals surface area contributed by atoms with Crippen LogP contribution in [0.1, 0.15) is 22.5 Å². The summed E-state index contributed by atoms with van der Waals surface area (Å²) in [5.41, 5.74) is 1.01. The number of esters is 1. The Kier molecular flexibility index (Phi) is 4.87. The fourth-order valence-electron chi connectivity index (χ4n) is 1.22. The molecule has 0 saturated heterocycles. The lowest BCUT2D eigenvalue weighted by Crippen LogP contribution is -2.29. The summed E-state index contributed by atoms with van der Waals surface area (Å²) < 4.78 is 6.37. The van der Waals surface area contributed by atoms with E-state index in [9.17, 15) is 9.59 Å². The van der Waals surface area contributed by atoms with Crippen LogP contribution in [-0.4, -0.2) is 34.8 Å². The van der Waals surface area contributed by atoms with Crippen LogP contribution in [0.5, 0.6) is 0 Å². The number of ether oxygens (including phenoxy) is 1. The van der Waals surface area contributed by atoms with Gasteiger partial charge in [-0.3, -0.25) is 9.48 Å². The summed E-state index contributed by atoms with van der Waals surface area (Å²) in [5, 5.41) is 14.6. The van der Waals surface area contributed by atoms with Crippen LogP contribution in [-0.2, 0) is 16.6 Å². The Morgan fingerprint density at radius 1 is 1.61 bits per heavy atom. The molecule has 0 aliphatic carbocycles. The monoisotopic (exact) mass is 250 g/mol. The fraction of sp³-hybridized carbons (Fsp3) is 0.455. The van der Waals surface area contributed by atoms with Crippen LogP contribution in [0.2, 0.25) is 0 Å². The topological polar surface area (TPSA) is 97.0 Å². The van der Waals surface area contributed by atoms with Gasteiger partial charge in [0.2, 0.25) is 0 Å². The first kappa shape index (κ1) is 13.7. The lowest BCUT2D eigenvalue weighted by Gasteiger charge is -2.04. The average molecular weight is 250 g/mol. The fourth-order valence-corrected chi connectivity index (χ4v) is 1.22. The van der Waals surface area contributed by atoms with Gasteiger partial charge in [-0.05, 0) is 6.92 Å². The standard InChI is InChI=1S/C11H14N4O3/c1-8-9(6-14-15(8)2)11(17)18-7-10(16)13-5-3-4-12/h6H,3,5,7H2,1-2H3,(H,13,16). The molecule has 96 valence electrons. The number of nitriles is 1. The minimum Gasteiger partial charge on any atom is -0.452 e. The van der Waals surface area contributed by atoms with Gasteiger partial charge >= 0.3 is 5.97 Å². The molecule has 1 aromatic heterocycles. The summed E-state index contributed by atoms with van der Waals surface area (Å²) in [4.78, 5) is 22.8. The van der Waals surface area contributed by atoms with Crippen molar-refractivity contribution in [3.63, 3.8) is 0 Å². The molecule has 0 aliphatic heterocycles. The number of rotatable bonds is 5. The molecule has 18 heavy (non-hydrogen) atoms.